The van der Waals surface area contributed by atoms with Crippen LogP contribution in [0.15, 0.2) is 18.2 Å². The standard InChI is InChI=1S/C11H10INO3/c12-5-2-6-16-8-4-1-3-7-9(8)11(15)13-10(7)14/h1,3-4H,2,5-6H2,(H,13,14,15). The zero-order valence-corrected chi connectivity index (χ0v) is 10.6. The third-order valence-corrected chi connectivity index (χ3v) is 3.02. The average molecular weight is 331 g/mol. The van der Waals surface area contributed by atoms with Gasteiger partial charge in [-0.3, -0.25) is 14.9 Å². The van der Waals surface area contributed by atoms with E-state index in [1.807, 2.05) is 0 Å². The van der Waals surface area contributed by atoms with E-state index in [9.17, 15) is 9.59 Å². The van der Waals surface area contributed by atoms with Crippen LogP contribution >= 0.6 is 22.6 Å². The average Bonchev–Trinajstić information content (AvgIpc) is 2.56. The summed E-state index contributed by atoms with van der Waals surface area (Å²) in [6, 6.07) is 5.06. The molecular formula is C11H10INO3. The van der Waals surface area contributed by atoms with Gasteiger partial charge in [-0.2, -0.15) is 0 Å². The van der Waals surface area contributed by atoms with E-state index in [4.69, 9.17) is 4.74 Å². The highest BCUT2D eigenvalue weighted by Crippen LogP contribution is 2.26. The van der Waals surface area contributed by atoms with Crippen LogP contribution in [-0.4, -0.2) is 22.8 Å². The van der Waals surface area contributed by atoms with Gasteiger partial charge in [-0.1, -0.05) is 28.7 Å². The number of benzene rings is 1. The van der Waals surface area contributed by atoms with E-state index in [0.717, 1.165) is 10.8 Å². The molecule has 0 bridgehead atoms. The maximum absolute atomic E-state index is 11.5. The van der Waals surface area contributed by atoms with Crippen molar-refractivity contribution in [2.45, 2.75) is 6.42 Å². The lowest BCUT2D eigenvalue weighted by molar-refractivity contribution is 0.0878. The maximum Gasteiger partial charge on any atom is 0.262 e. The minimum Gasteiger partial charge on any atom is -0.493 e. The van der Waals surface area contributed by atoms with E-state index >= 15 is 0 Å². The molecule has 1 aromatic rings. The van der Waals surface area contributed by atoms with Crippen molar-refractivity contribution in [3.05, 3.63) is 29.3 Å². The number of amides is 2. The predicted molar refractivity (Wildman–Crippen MR) is 67.2 cm³/mol. The van der Waals surface area contributed by atoms with Crippen molar-refractivity contribution in [3.63, 3.8) is 0 Å². The normalized spacial score (nSPS) is 13.6. The van der Waals surface area contributed by atoms with Gasteiger partial charge in [0, 0.05) is 4.43 Å². The molecule has 0 atom stereocenters. The highest BCUT2D eigenvalue weighted by atomic mass is 127. The summed E-state index contributed by atoms with van der Waals surface area (Å²) >= 11 is 2.26. The first-order valence-corrected chi connectivity index (χ1v) is 6.44. The fourth-order valence-corrected chi connectivity index (χ4v) is 1.86. The van der Waals surface area contributed by atoms with Gasteiger partial charge in [0.1, 0.15) is 5.75 Å². The minimum atomic E-state index is -0.370. The topological polar surface area (TPSA) is 55.4 Å². The molecule has 5 heteroatoms. The molecule has 4 nitrogen and oxygen atoms in total. The van der Waals surface area contributed by atoms with Gasteiger partial charge in [0.15, 0.2) is 0 Å². The summed E-state index contributed by atoms with van der Waals surface area (Å²) in [5.41, 5.74) is 0.762. The molecule has 0 unspecified atom stereocenters. The number of alkyl halides is 1. The zero-order chi connectivity index (χ0) is 11.5. The van der Waals surface area contributed by atoms with Crippen molar-refractivity contribution >= 4 is 34.4 Å². The Bertz CT molecular complexity index is 445. The quantitative estimate of drug-likeness (QED) is 0.396. The largest absolute Gasteiger partial charge is 0.493 e. The molecule has 16 heavy (non-hydrogen) atoms. The second-order valence-electron chi connectivity index (χ2n) is 3.35. The zero-order valence-electron chi connectivity index (χ0n) is 8.46. The number of fused-ring (bicyclic) bond motifs is 1. The lowest BCUT2D eigenvalue weighted by Crippen LogP contribution is -2.20. The monoisotopic (exact) mass is 331 g/mol. The summed E-state index contributed by atoms with van der Waals surface area (Å²) < 4.78 is 6.49. The van der Waals surface area contributed by atoms with E-state index < -0.39 is 0 Å². The molecule has 1 aromatic carbocycles. The van der Waals surface area contributed by atoms with Gasteiger partial charge in [0.05, 0.1) is 17.7 Å². The van der Waals surface area contributed by atoms with Crippen molar-refractivity contribution in [1.82, 2.24) is 5.32 Å². The highest BCUT2D eigenvalue weighted by molar-refractivity contribution is 14.1. The smallest absolute Gasteiger partial charge is 0.262 e. The first-order chi connectivity index (χ1) is 7.74. The Morgan fingerprint density at radius 3 is 2.81 bits per heavy atom. The second kappa shape index (κ2) is 4.82. The lowest BCUT2D eigenvalue weighted by atomic mass is 10.1. The number of hydrogen-bond acceptors (Lipinski definition) is 3. The van der Waals surface area contributed by atoms with Crippen molar-refractivity contribution in [1.29, 1.82) is 0 Å². The molecule has 0 fully saturated rings. The first-order valence-electron chi connectivity index (χ1n) is 4.91. The molecule has 0 saturated carbocycles. The molecule has 2 rings (SSSR count). The number of imide groups is 1. The summed E-state index contributed by atoms with van der Waals surface area (Å²) in [6.07, 6.45) is 0.916. The van der Waals surface area contributed by atoms with Gasteiger partial charge in [-0.15, -0.1) is 0 Å². The molecule has 0 aromatic heterocycles. The van der Waals surface area contributed by atoms with Gasteiger partial charge in [0.25, 0.3) is 11.8 Å². The van der Waals surface area contributed by atoms with Crippen LogP contribution in [0.4, 0.5) is 0 Å². The molecule has 84 valence electrons. The maximum atomic E-state index is 11.5. The van der Waals surface area contributed by atoms with Gasteiger partial charge in [0.2, 0.25) is 0 Å². The molecule has 0 aliphatic carbocycles. The molecule has 0 saturated heterocycles. The number of carbonyl (C=O) groups excluding carboxylic acids is 2. The van der Waals surface area contributed by atoms with Crippen LogP contribution in [0.5, 0.6) is 5.75 Å². The van der Waals surface area contributed by atoms with E-state index in [-0.39, 0.29) is 11.8 Å². The SMILES string of the molecule is O=C1NC(=O)c2c(OCCCI)cccc21. The van der Waals surface area contributed by atoms with E-state index in [0.29, 0.717) is 23.5 Å². The molecule has 1 aliphatic rings. The molecule has 1 heterocycles. The summed E-state index contributed by atoms with van der Waals surface area (Å²) in [7, 11) is 0. The van der Waals surface area contributed by atoms with Crippen molar-refractivity contribution < 1.29 is 14.3 Å². The highest BCUT2D eigenvalue weighted by Gasteiger charge is 2.29. The van der Waals surface area contributed by atoms with Crippen LogP contribution < -0.4 is 10.1 Å². The Kier molecular flexibility index (Phi) is 3.42. The third-order valence-electron chi connectivity index (χ3n) is 2.26. The Morgan fingerprint density at radius 1 is 1.25 bits per heavy atom. The van der Waals surface area contributed by atoms with Crippen molar-refractivity contribution in [2.24, 2.45) is 0 Å². The number of carbonyl (C=O) groups is 2. The summed E-state index contributed by atoms with van der Waals surface area (Å²) in [5.74, 6) is -0.227. The summed E-state index contributed by atoms with van der Waals surface area (Å²) in [4.78, 5) is 22.9. The van der Waals surface area contributed by atoms with E-state index in [1.54, 1.807) is 18.2 Å². The summed E-state index contributed by atoms with van der Waals surface area (Å²) in [5, 5.41) is 2.25. The van der Waals surface area contributed by atoms with Gasteiger partial charge in [-0.05, 0) is 18.6 Å². The van der Waals surface area contributed by atoms with Crippen LogP contribution in [0.3, 0.4) is 0 Å². The van der Waals surface area contributed by atoms with Crippen LogP contribution in [0, 0.1) is 0 Å². The second-order valence-corrected chi connectivity index (χ2v) is 4.43. The van der Waals surface area contributed by atoms with E-state index in [2.05, 4.69) is 27.9 Å². The Balaban J connectivity index is 2.27. The molecule has 0 radical (unpaired) electrons. The van der Waals surface area contributed by atoms with Gasteiger partial charge >= 0.3 is 0 Å². The number of nitrogens with one attached hydrogen (secondary N) is 1. The predicted octanol–water partition coefficient (Wildman–Crippen LogP) is 1.77. The lowest BCUT2D eigenvalue weighted by Gasteiger charge is -2.07. The van der Waals surface area contributed by atoms with Gasteiger partial charge < -0.3 is 4.74 Å². The number of ether oxygens (including phenoxy) is 1. The molecular weight excluding hydrogens is 321 g/mol. The number of hydrogen-bond donors (Lipinski definition) is 1. The first kappa shape index (κ1) is 11.4. The minimum absolute atomic E-state index is 0.348. The van der Waals surface area contributed by atoms with Crippen molar-refractivity contribution in [2.75, 3.05) is 11.0 Å². The van der Waals surface area contributed by atoms with E-state index in [1.165, 1.54) is 0 Å². The molecule has 2 amide bonds. The van der Waals surface area contributed by atoms with Crippen LogP contribution in [0.25, 0.3) is 0 Å². The number of rotatable bonds is 4. The van der Waals surface area contributed by atoms with Crippen LogP contribution in [-0.2, 0) is 0 Å². The molecule has 1 N–H and O–H groups in total. The fourth-order valence-electron chi connectivity index (χ4n) is 1.54. The Morgan fingerprint density at radius 2 is 2.06 bits per heavy atom. The third kappa shape index (κ3) is 2.04. The fraction of sp³-hybridized carbons (Fsp3) is 0.273. The Hall–Kier alpha value is -1.11. The van der Waals surface area contributed by atoms with Crippen LogP contribution in [0.2, 0.25) is 0 Å². The molecule has 0 spiro atoms. The van der Waals surface area contributed by atoms with Gasteiger partial charge in [-0.25, -0.2) is 0 Å². The molecule has 1 aliphatic heterocycles. The Labute approximate surface area is 106 Å². The van der Waals surface area contributed by atoms with Crippen LogP contribution in [0.1, 0.15) is 27.1 Å². The summed E-state index contributed by atoms with van der Waals surface area (Å²) in [6.45, 7) is 0.556. The van der Waals surface area contributed by atoms with Crippen molar-refractivity contribution in [3.8, 4) is 5.75 Å². The number of halogens is 1.